The van der Waals surface area contributed by atoms with Crippen molar-refractivity contribution in [1.29, 1.82) is 0 Å². The second-order valence-electron chi connectivity index (χ2n) is 7.08. The summed E-state index contributed by atoms with van der Waals surface area (Å²) in [6, 6.07) is 14.2. The Balaban J connectivity index is 1.68. The van der Waals surface area contributed by atoms with E-state index in [0.717, 1.165) is 35.1 Å². The fourth-order valence-electron chi connectivity index (χ4n) is 3.88. The number of aryl methyl sites for hydroxylation is 1. The lowest BCUT2D eigenvalue weighted by Gasteiger charge is -2.19. The zero-order valence-corrected chi connectivity index (χ0v) is 15.1. The van der Waals surface area contributed by atoms with Gasteiger partial charge in [0.15, 0.2) is 0 Å². The first kappa shape index (κ1) is 16.9. The van der Waals surface area contributed by atoms with Gasteiger partial charge in [0.2, 0.25) is 0 Å². The summed E-state index contributed by atoms with van der Waals surface area (Å²) in [5, 5.41) is 6.40. The molecule has 1 fully saturated rings. The minimum absolute atomic E-state index is 0.00557. The predicted molar refractivity (Wildman–Crippen MR) is 103 cm³/mol. The van der Waals surface area contributed by atoms with Crippen LogP contribution >= 0.6 is 0 Å². The van der Waals surface area contributed by atoms with E-state index in [1.54, 1.807) is 10.9 Å². The molecule has 3 aromatic rings. The van der Waals surface area contributed by atoms with E-state index in [-0.39, 0.29) is 5.56 Å². The molecule has 3 heterocycles. The molecule has 0 saturated carbocycles. The Morgan fingerprint density at radius 3 is 2.65 bits per heavy atom. The molecule has 2 aromatic heterocycles. The lowest BCUT2D eigenvalue weighted by Crippen LogP contribution is -2.30. The maximum Gasteiger partial charge on any atom is 0.274 e. The lowest BCUT2D eigenvalue weighted by molar-refractivity contribution is 0.281. The molecular formula is C21H24N4O. The number of fused-ring (bicyclic) bond motifs is 1. The van der Waals surface area contributed by atoms with E-state index in [9.17, 15) is 4.79 Å². The monoisotopic (exact) mass is 348 g/mol. The average Bonchev–Trinajstić information content (AvgIpc) is 3.09. The first-order valence-corrected chi connectivity index (χ1v) is 9.31. The molecule has 0 amide bonds. The van der Waals surface area contributed by atoms with Gasteiger partial charge in [0, 0.05) is 36.3 Å². The smallest absolute Gasteiger partial charge is 0.274 e. The van der Waals surface area contributed by atoms with Crippen LogP contribution in [0, 0.1) is 0 Å². The number of hydrogen-bond acceptors (Lipinski definition) is 4. The third-order valence-electron chi connectivity index (χ3n) is 5.36. The summed E-state index contributed by atoms with van der Waals surface area (Å²) >= 11 is 0. The molecular weight excluding hydrogens is 324 g/mol. The molecule has 1 aromatic carbocycles. The van der Waals surface area contributed by atoms with Crippen LogP contribution in [0.15, 0.2) is 53.5 Å². The molecule has 0 radical (unpaired) electrons. The molecule has 5 nitrogen and oxygen atoms in total. The summed E-state index contributed by atoms with van der Waals surface area (Å²) in [5.74, 6) is 0. The maximum absolute atomic E-state index is 12.9. The Bertz CT molecular complexity index is 951. The first-order chi connectivity index (χ1) is 12.7. The molecule has 1 saturated heterocycles. The number of nitrogens with zero attached hydrogens (tertiary/aromatic N) is 4. The standard InChI is InChI=1S/C21H24N4O/c1-24-13-6-8-17(24)11-14-25-21(26)19-10-3-2-9-18(19)20(23-25)15-16-7-4-5-12-22-16/h2-5,7,9-10,12,17H,6,8,11,13-15H2,1H3. The van der Waals surface area contributed by atoms with Crippen LogP contribution in [0.4, 0.5) is 0 Å². The molecule has 4 rings (SSSR count). The Kier molecular flexibility index (Phi) is 4.80. The van der Waals surface area contributed by atoms with Crippen LogP contribution < -0.4 is 5.56 Å². The highest BCUT2D eigenvalue weighted by molar-refractivity contribution is 5.83. The number of likely N-dealkylation sites (tertiary alicyclic amines) is 1. The van der Waals surface area contributed by atoms with E-state index < -0.39 is 0 Å². The minimum Gasteiger partial charge on any atom is -0.303 e. The summed E-state index contributed by atoms with van der Waals surface area (Å²) < 4.78 is 1.66. The Hall–Kier alpha value is -2.53. The number of benzene rings is 1. The van der Waals surface area contributed by atoms with Gasteiger partial charge in [0.25, 0.3) is 5.56 Å². The average molecular weight is 348 g/mol. The van der Waals surface area contributed by atoms with E-state index in [0.29, 0.717) is 19.0 Å². The Morgan fingerprint density at radius 1 is 1.12 bits per heavy atom. The van der Waals surface area contributed by atoms with Crippen LogP contribution in [0.2, 0.25) is 0 Å². The van der Waals surface area contributed by atoms with Gasteiger partial charge in [-0.1, -0.05) is 24.3 Å². The van der Waals surface area contributed by atoms with Crippen LogP contribution in [0.1, 0.15) is 30.7 Å². The predicted octanol–water partition coefficient (Wildman–Crippen LogP) is 2.87. The van der Waals surface area contributed by atoms with E-state index in [4.69, 9.17) is 5.10 Å². The first-order valence-electron chi connectivity index (χ1n) is 9.31. The van der Waals surface area contributed by atoms with E-state index in [2.05, 4.69) is 16.9 Å². The van der Waals surface area contributed by atoms with Gasteiger partial charge in [-0.25, -0.2) is 4.68 Å². The number of rotatable bonds is 5. The fourth-order valence-corrected chi connectivity index (χ4v) is 3.88. The van der Waals surface area contributed by atoms with Gasteiger partial charge in [0.1, 0.15) is 0 Å². The van der Waals surface area contributed by atoms with Crippen molar-refractivity contribution in [3.8, 4) is 0 Å². The minimum atomic E-state index is 0.00557. The molecule has 26 heavy (non-hydrogen) atoms. The highest BCUT2D eigenvalue weighted by atomic mass is 16.1. The molecule has 1 aliphatic rings. The summed E-state index contributed by atoms with van der Waals surface area (Å²) in [6.07, 6.45) is 5.84. The molecule has 0 bridgehead atoms. The van der Waals surface area contributed by atoms with E-state index >= 15 is 0 Å². The summed E-state index contributed by atoms with van der Waals surface area (Å²) in [6.45, 7) is 1.81. The molecule has 134 valence electrons. The molecule has 5 heteroatoms. The van der Waals surface area contributed by atoms with Crippen molar-refractivity contribution in [1.82, 2.24) is 19.7 Å². The SMILES string of the molecule is CN1CCCC1CCn1nc(Cc2ccccn2)c2ccccc2c1=O. The van der Waals surface area contributed by atoms with Gasteiger partial charge in [-0.15, -0.1) is 0 Å². The van der Waals surface area contributed by atoms with Crippen molar-refractivity contribution in [3.05, 3.63) is 70.4 Å². The van der Waals surface area contributed by atoms with Gasteiger partial charge < -0.3 is 4.90 Å². The third-order valence-corrected chi connectivity index (χ3v) is 5.36. The largest absolute Gasteiger partial charge is 0.303 e. The maximum atomic E-state index is 12.9. The summed E-state index contributed by atoms with van der Waals surface area (Å²) in [5.41, 5.74) is 1.88. The molecule has 0 N–H and O–H groups in total. The normalized spacial score (nSPS) is 17.8. The van der Waals surface area contributed by atoms with Crippen LogP contribution in [0.5, 0.6) is 0 Å². The van der Waals surface area contributed by atoms with Crippen molar-refractivity contribution in [2.45, 2.75) is 38.3 Å². The van der Waals surface area contributed by atoms with Gasteiger partial charge in [-0.05, 0) is 51.1 Å². The van der Waals surface area contributed by atoms with Crippen molar-refractivity contribution in [2.24, 2.45) is 0 Å². The third kappa shape index (κ3) is 3.40. The quantitative estimate of drug-likeness (QED) is 0.711. The van der Waals surface area contributed by atoms with E-state index in [1.165, 1.54) is 12.8 Å². The zero-order chi connectivity index (χ0) is 17.9. The number of hydrogen-bond donors (Lipinski definition) is 0. The van der Waals surface area contributed by atoms with Crippen molar-refractivity contribution < 1.29 is 0 Å². The second-order valence-corrected chi connectivity index (χ2v) is 7.08. The molecule has 1 aliphatic heterocycles. The van der Waals surface area contributed by atoms with Crippen LogP contribution in [0.25, 0.3) is 10.8 Å². The molecule has 0 spiro atoms. The number of aromatic nitrogens is 3. The van der Waals surface area contributed by atoms with E-state index in [1.807, 2.05) is 42.5 Å². The van der Waals surface area contributed by atoms with Gasteiger partial charge >= 0.3 is 0 Å². The second kappa shape index (κ2) is 7.38. The van der Waals surface area contributed by atoms with Crippen LogP contribution in [-0.4, -0.2) is 39.3 Å². The van der Waals surface area contributed by atoms with Gasteiger partial charge in [0.05, 0.1) is 11.1 Å². The number of pyridine rings is 1. The molecule has 1 atom stereocenters. The van der Waals surface area contributed by atoms with Crippen molar-refractivity contribution >= 4 is 10.8 Å². The summed E-state index contributed by atoms with van der Waals surface area (Å²) in [4.78, 5) is 19.7. The highest BCUT2D eigenvalue weighted by Gasteiger charge is 2.21. The zero-order valence-electron chi connectivity index (χ0n) is 15.1. The van der Waals surface area contributed by atoms with Gasteiger partial charge in [-0.2, -0.15) is 5.10 Å². The lowest BCUT2D eigenvalue weighted by atomic mass is 10.1. The topological polar surface area (TPSA) is 51.0 Å². The molecule has 1 unspecified atom stereocenters. The van der Waals surface area contributed by atoms with Crippen LogP contribution in [0.3, 0.4) is 0 Å². The van der Waals surface area contributed by atoms with Crippen molar-refractivity contribution in [2.75, 3.05) is 13.6 Å². The molecule has 0 aliphatic carbocycles. The Labute approximate surface area is 153 Å². The van der Waals surface area contributed by atoms with Crippen LogP contribution in [-0.2, 0) is 13.0 Å². The highest BCUT2D eigenvalue weighted by Crippen LogP contribution is 2.19. The van der Waals surface area contributed by atoms with Crippen molar-refractivity contribution in [3.63, 3.8) is 0 Å². The fraction of sp³-hybridized carbons (Fsp3) is 0.381. The summed E-state index contributed by atoms with van der Waals surface area (Å²) in [7, 11) is 2.17. The van der Waals surface area contributed by atoms with Gasteiger partial charge in [-0.3, -0.25) is 9.78 Å². The Morgan fingerprint density at radius 2 is 1.92 bits per heavy atom.